The van der Waals surface area contributed by atoms with Crippen LogP contribution in [-0.4, -0.2) is 23.1 Å². The van der Waals surface area contributed by atoms with Crippen LogP contribution < -0.4 is 16.0 Å². The molecule has 0 saturated heterocycles. The van der Waals surface area contributed by atoms with Crippen LogP contribution in [0.5, 0.6) is 0 Å². The van der Waals surface area contributed by atoms with Gasteiger partial charge in [0.1, 0.15) is 6.04 Å². The number of anilines is 1. The molecule has 0 aromatic heterocycles. The van der Waals surface area contributed by atoms with Crippen molar-refractivity contribution in [2.45, 2.75) is 32.9 Å². The Labute approximate surface area is 113 Å². The van der Waals surface area contributed by atoms with Crippen LogP contribution in [0.15, 0.2) is 30.3 Å². The van der Waals surface area contributed by atoms with E-state index < -0.39 is 0 Å². The van der Waals surface area contributed by atoms with Gasteiger partial charge in [-0.05, 0) is 45.1 Å². The van der Waals surface area contributed by atoms with E-state index in [1.807, 2.05) is 44.2 Å². The number of carbonyl (C=O) groups is 1. The molecule has 0 heterocycles. The van der Waals surface area contributed by atoms with E-state index in [2.05, 4.69) is 16.0 Å². The number of hydrogen-bond acceptors (Lipinski definition) is 2. The van der Waals surface area contributed by atoms with Crippen LogP contribution in [0, 0.1) is 0 Å². The molecule has 0 radical (unpaired) electrons. The van der Waals surface area contributed by atoms with Crippen molar-refractivity contribution >= 4 is 28.9 Å². The molecule has 0 aliphatic carbocycles. The maximum atomic E-state index is 11.7. The van der Waals surface area contributed by atoms with Crippen LogP contribution in [0.2, 0.25) is 0 Å². The second kappa shape index (κ2) is 6.96. The van der Waals surface area contributed by atoms with E-state index in [9.17, 15) is 4.79 Å². The first-order valence-corrected chi connectivity index (χ1v) is 6.33. The number of benzene rings is 1. The van der Waals surface area contributed by atoms with Gasteiger partial charge in [-0.1, -0.05) is 18.2 Å². The lowest BCUT2D eigenvalue weighted by Gasteiger charge is -2.18. The summed E-state index contributed by atoms with van der Waals surface area (Å²) in [6.45, 7) is 5.62. The summed E-state index contributed by atoms with van der Waals surface area (Å²) in [5, 5.41) is 9.22. The number of amides is 1. The van der Waals surface area contributed by atoms with Crippen molar-refractivity contribution in [2.24, 2.45) is 0 Å². The van der Waals surface area contributed by atoms with Crippen LogP contribution in [0.3, 0.4) is 0 Å². The number of carbonyl (C=O) groups excluding carboxylic acids is 1. The van der Waals surface area contributed by atoms with Gasteiger partial charge >= 0.3 is 0 Å². The van der Waals surface area contributed by atoms with Crippen LogP contribution in [0.4, 0.5) is 5.69 Å². The molecule has 4 nitrogen and oxygen atoms in total. The van der Waals surface area contributed by atoms with E-state index in [0.717, 1.165) is 5.69 Å². The van der Waals surface area contributed by atoms with E-state index >= 15 is 0 Å². The summed E-state index contributed by atoms with van der Waals surface area (Å²) < 4.78 is 0. The average molecular weight is 265 g/mol. The number of nitrogens with one attached hydrogen (secondary N) is 3. The van der Waals surface area contributed by atoms with E-state index in [1.54, 1.807) is 6.92 Å². The Morgan fingerprint density at radius 1 is 1.11 bits per heavy atom. The Hall–Kier alpha value is -1.62. The molecule has 0 bridgehead atoms. The standard InChI is InChI=1S/C13H19N3OS/c1-9(2)14-12(17)10(3)15-13(18)16-11-7-5-4-6-8-11/h4-10H,1-3H3,(H,14,17)(H2,15,16,18). The summed E-state index contributed by atoms with van der Waals surface area (Å²) in [4.78, 5) is 11.7. The molecule has 1 rings (SSSR count). The Morgan fingerprint density at radius 2 is 1.72 bits per heavy atom. The predicted octanol–water partition coefficient (Wildman–Crippen LogP) is 1.89. The molecule has 18 heavy (non-hydrogen) atoms. The van der Waals surface area contributed by atoms with Gasteiger partial charge in [0.25, 0.3) is 0 Å². The second-order valence-corrected chi connectivity index (χ2v) is 4.76. The summed E-state index contributed by atoms with van der Waals surface area (Å²) >= 11 is 5.14. The molecule has 1 unspecified atom stereocenters. The van der Waals surface area contributed by atoms with Crippen molar-refractivity contribution < 1.29 is 4.79 Å². The number of rotatable bonds is 4. The van der Waals surface area contributed by atoms with Gasteiger partial charge in [-0.2, -0.15) is 0 Å². The van der Waals surface area contributed by atoms with Crippen molar-refractivity contribution in [3.8, 4) is 0 Å². The first kappa shape index (κ1) is 14.4. The molecule has 0 fully saturated rings. The molecule has 0 saturated carbocycles. The molecule has 0 aliphatic heterocycles. The summed E-state index contributed by atoms with van der Waals surface area (Å²) in [5.74, 6) is -0.0674. The highest BCUT2D eigenvalue weighted by Gasteiger charge is 2.14. The van der Waals surface area contributed by atoms with Gasteiger partial charge in [0.05, 0.1) is 0 Å². The second-order valence-electron chi connectivity index (χ2n) is 4.35. The molecule has 1 atom stereocenters. The highest BCUT2D eigenvalue weighted by Crippen LogP contribution is 2.04. The van der Waals surface area contributed by atoms with Gasteiger partial charge in [0.15, 0.2) is 5.11 Å². The Balaban J connectivity index is 2.43. The van der Waals surface area contributed by atoms with Crippen molar-refractivity contribution in [3.63, 3.8) is 0 Å². The topological polar surface area (TPSA) is 53.2 Å². The molecular weight excluding hydrogens is 246 g/mol. The molecule has 0 aliphatic rings. The van der Waals surface area contributed by atoms with Gasteiger partial charge in [0.2, 0.25) is 5.91 Å². The summed E-state index contributed by atoms with van der Waals surface area (Å²) in [5.41, 5.74) is 0.895. The van der Waals surface area contributed by atoms with Crippen molar-refractivity contribution in [3.05, 3.63) is 30.3 Å². The SMILES string of the molecule is CC(C)NC(=O)C(C)NC(=S)Nc1ccccc1. The third kappa shape index (κ3) is 5.14. The van der Waals surface area contributed by atoms with E-state index in [0.29, 0.717) is 5.11 Å². The summed E-state index contributed by atoms with van der Waals surface area (Å²) in [6, 6.07) is 9.34. The molecule has 1 aromatic rings. The van der Waals surface area contributed by atoms with E-state index in [1.165, 1.54) is 0 Å². The first-order chi connectivity index (χ1) is 8.49. The van der Waals surface area contributed by atoms with Gasteiger partial charge in [-0.15, -0.1) is 0 Å². The smallest absolute Gasteiger partial charge is 0.242 e. The highest BCUT2D eigenvalue weighted by atomic mass is 32.1. The molecule has 0 spiro atoms. The van der Waals surface area contributed by atoms with E-state index in [4.69, 9.17) is 12.2 Å². The maximum absolute atomic E-state index is 11.7. The average Bonchev–Trinajstić information content (AvgIpc) is 2.29. The summed E-state index contributed by atoms with van der Waals surface area (Å²) in [7, 11) is 0. The third-order valence-electron chi connectivity index (χ3n) is 2.20. The summed E-state index contributed by atoms with van der Waals surface area (Å²) in [6.07, 6.45) is 0. The van der Waals surface area contributed by atoms with Crippen molar-refractivity contribution in [1.29, 1.82) is 0 Å². The maximum Gasteiger partial charge on any atom is 0.242 e. The Kier molecular flexibility index (Phi) is 5.58. The zero-order valence-corrected chi connectivity index (χ0v) is 11.7. The lowest BCUT2D eigenvalue weighted by molar-refractivity contribution is -0.122. The van der Waals surface area contributed by atoms with Crippen LogP contribution >= 0.6 is 12.2 Å². The fourth-order valence-corrected chi connectivity index (χ4v) is 1.65. The monoisotopic (exact) mass is 265 g/mol. The van der Waals surface area contributed by atoms with E-state index in [-0.39, 0.29) is 18.0 Å². The van der Waals surface area contributed by atoms with Gasteiger partial charge < -0.3 is 16.0 Å². The first-order valence-electron chi connectivity index (χ1n) is 5.92. The van der Waals surface area contributed by atoms with Crippen molar-refractivity contribution in [2.75, 3.05) is 5.32 Å². The molecule has 98 valence electrons. The normalized spacial score (nSPS) is 11.8. The Bertz CT molecular complexity index is 406. The lowest BCUT2D eigenvalue weighted by atomic mass is 10.3. The van der Waals surface area contributed by atoms with Gasteiger partial charge in [-0.3, -0.25) is 4.79 Å². The number of para-hydroxylation sites is 1. The Morgan fingerprint density at radius 3 is 2.28 bits per heavy atom. The quantitative estimate of drug-likeness (QED) is 0.728. The van der Waals surface area contributed by atoms with Crippen LogP contribution in [-0.2, 0) is 4.79 Å². The third-order valence-corrected chi connectivity index (χ3v) is 2.42. The largest absolute Gasteiger partial charge is 0.352 e. The fourth-order valence-electron chi connectivity index (χ4n) is 1.36. The van der Waals surface area contributed by atoms with Gasteiger partial charge in [-0.25, -0.2) is 0 Å². The van der Waals surface area contributed by atoms with Gasteiger partial charge in [0, 0.05) is 11.7 Å². The minimum absolute atomic E-state index is 0.0674. The lowest BCUT2D eigenvalue weighted by Crippen LogP contribution is -2.47. The molecule has 1 aromatic carbocycles. The zero-order chi connectivity index (χ0) is 13.5. The molecular formula is C13H19N3OS. The molecule has 5 heteroatoms. The number of thiocarbonyl (C=S) groups is 1. The molecule has 3 N–H and O–H groups in total. The predicted molar refractivity (Wildman–Crippen MR) is 78.5 cm³/mol. The van der Waals surface area contributed by atoms with Crippen LogP contribution in [0.1, 0.15) is 20.8 Å². The number of hydrogen-bond donors (Lipinski definition) is 3. The minimum Gasteiger partial charge on any atom is -0.352 e. The minimum atomic E-state index is -0.365. The molecule has 1 amide bonds. The fraction of sp³-hybridized carbons (Fsp3) is 0.385. The zero-order valence-electron chi connectivity index (χ0n) is 10.9. The van der Waals surface area contributed by atoms with Crippen LogP contribution in [0.25, 0.3) is 0 Å². The highest BCUT2D eigenvalue weighted by molar-refractivity contribution is 7.80. The van der Waals surface area contributed by atoms with Crippen molar-refractivity contribution in [1.82, 2.24) is 10.6 Å².